The minimum absolute atomic E-state index is 0.0814. The Kier molecular flexibility index (Phi) is 5.42. The third-order valence-electron chi connectivity index (χ3n) is 3.14. The van der Waals surface area contributed by atoms with Crippen LogP contribution in [-0.4, -0.2) is 35.3 Å². The number of benzene rings is 1. The van der Waals surface area contributed by atoms with Gasteiger partial charge in [-0.15, -0.1) is 0 Å². The molecule has 0 radical (unpaired) electrons. The Balaban J connectivity index is 2.13. The average molecular weight is 357 g/mol. The second kappa shape index (κ2) is 7.34. The van der Waals surface area contributed by atoms with Gasteiger partial charge in [-0.1, -0.05) is 36.0 Å². The number of ether oxygens (including phenoxy) is 1. The molecular formula is C15H14F3N3O4. The van der Waals surface area contributed by atoms with Crippen LogP contribution < -0.4 is 0 Å². The first-order valence-corrected chi connectivity index (χ1v) is 6.85. The number of halogens is 3. The van der Waals surface area contributed by atoms with Gasteiger partial charge in [0.15, 0.2) is 5.76 Å². The van der Waals surface area contributed by atoms with Gasteiger partial charge in [-0.2, -0.15) is 18.2 Å². The Labute approximate surface area is 140 Å². The van der Waals surface area contributed by atoms with Gasteiger partial charge in [0, 0.05) is 5.56 Å². The van der Waals surface area contributed by atoms with E-state index in [2.05, 4.69) is 21.2 Å². The number of carbonyl (C=O) groups excluding carboxylic acids is 1. The SMILES string of the molecule is C=C(OC)C(=O)N(Cc1ccc(-c2noc(C(F)(F)F)n2)cc1)OC. The summed E-state index contributed by atoms with van der Waals surface area (Å²) in [5.74, 6) is -2.25. The number of methoxy groups -OCH3 is 1. The number of alkyl halides is 3. The molecule has 0 aliphatic heterocycles. The highest BCUT2D eigenvalue weighted by Crippen LogP contribution is 2.29. The third kappa shape index (κ3) is 4.35. The molecule has 0 fully saturated rings. The molecule has 2 aromatic rings. The first-order valence-electron chi connectivity index (χ1n) is 6.85. The van der Waals surface area contributed by atoms with E-state index in [1.165, 1.54) is 26.4 Å². The van der Waals surface area contributed by atoms with Crippen molar-refractivity contribution in [2.24, 2.45) is 0 Å². The van der Waals surface area contributed by atoms with Gasteiger partial charge >= 0.3 is 18.0 Å². The van der Waals surface area contributed by atoms with Gasteiger partial charge in [0.1, 0.15) is 0 Å². The lowest BCUT2D eigenvalue weighted by molar-refractivity contribution is -0.177. The molecule has 0 saturated heterocycles. The normalized spacial score (nSPS) is 11.2. The second-order valence-corrected chi connectivity index (χ2v) is 4.77. The van der Waals surface area contributed by atoms with Crippen molar-refractivity contribution in [3.8, 4) is 11.4 Å². The molecule has 0 aliphatic carbocycles. The molecule has 1 aromatic heterocycles. The fourth-order valence-corrected chi connectivity index (χ4v) is 1.83. The van der Waals surface area contributed by atoms with Gasteiger partial charge in [0.05, 0.1) is 20.8 Å². The molecule has 0 unspecified atom stereocenters. The molecule has 2 rings (SSSR count). The molecule has 134 valence electrons. The van der Waals surface area contributed by atoms with E-state index in [1.807, 2.05) is 0 Å². The Morgan fingerprint density at radius 2 is 1.92 bits per heavy atom. The number of hydrogen-bond donors (Lipinski definition) is 0. The summed E-state index contributed by atoms with van der Waals surface area (Å²) in [7, 11) is 2.62. The topological polar surface area (TPSA) is 77.7 Å². The van der Waals surface area contributed by atoms with E-state index >= 15 is 0 Å². The highest BCUT2D eigenvalue weighted by Gasteiger charge is 2.38. The van der Waals surface area contributed by atoms with Gasteiger partial charge in [0.2, 0.25) is 5.82 Å². The summed E-state index contributed by atoms with van der Waals surface area (Å²) in [6, 6.07) is 6.19. The van der Waals surface area contributed by atoms with Crippen LogP contribution in [0.5, 0.6) is 0 Å². The number of hydrogen-bond acceptors (Lipinski definition) is 6. The zero-order chi connectivity index (χ0) is 18.6. The van der Waals surface area contributed by atoms with Gasteiger partial charge in [0.25, 0.3) is 0 Å². The maximum Gasteiger partial charge on any atom is 0.471 e. The van der Waals surface area contributed by atoms with Crippen LogP contribution in [-0.2, 0) is 27.1 Å². The summed E-state index contributed by atoms with van der Waals surface area (Å²) >= 11 is 0. The third-order valence-corrected chi connectivity index (χ3v) is 3.14. The minimum atomic E-state index is -4.70. The largest absolute Gasteiger partial charge is 0.492 e. The molecule has 0 N–H and O–H groups in total. The maximum atomic E-state index is 12.5. The predicted octanol–water partition coefficient (Wildman–Crippen LogP) is 2.81. The van der Waals surface area contributed by atoms with Crippen LogP contribution in [0.2, 0.25) is 0 Å². The molecule has 1 amide bonds. The van der Waals surface area contributed by atoms with E-state index in [9.17, 15) is 18.0 Å². The molecule has 0 spiro atoms. The van der Waals surface area contributed by atoms with Gasteiger partial charge in [-0.25, -0.2) is 5.06 Å². The van der Waals surface area contributed by atoms with Crippen LogP contribution in [0.3, 0.4) is 0 Å². The van der Waals surface area contributed by atoms with Crippen LogP contribution in [0, 0.1) is 0 Å². The van der Waals surface area contributed by atoms with Crippen LogP contribution in [0.1, 0.15) is 11.5 Å². The minimum Gasteiger partial charge on any atom is -0.492 e. The van der Waals surface area contributed by atoms with Crippen molar-refractivity contribution in [1.29, 1.82) is 0 Å². The van der Waals surface area contributed by atoms with Crippen molar-refractivity contribution in [1.82, 2.24) is 15.2 Å². The summed E-state index contributed by atoms with van der Waals surface area (Å²) in [4.78, 5) is 20.2. The first-order chi connectivity index (χ1) is 11.8. The molecule has 1 aromatic carbocycles. The quantitative estimate of drug-likeness (QED) is 0.449. The highest BCUT2D eigenvalue weighted by atomic mass is 19.4. The van der Waals surface area contributed by atoms with Crippen LogP contribution in [0.25, 0.3) is 11.4 Å². The summed E-state index contributed by atoms with van der Waals surface area (Å²) in [6.45, 7) is 3.53. The Hall–Kier alpha value is -2.88. The molecule has 0 saturated carbocycles. The van der Waals surface area contributed by atoms with Gasteiger partial charge in [-0.3, -0.25) is 9.63 Å². The predicted molar refractivity (Wildman–Crippen MR) is 78.4 cm³/mol. The Morgan fingerprint density at radius 1 is 1.28 bits per heavy atom. The van der Waals surface area contributed by atoms with Crippen LogP contribution in [0.4, 0.5) is 13.2 Å². The molecule has 0 bridgehead atoms. The molecule has 25 heavy (non-hydrogen) atoms. The van der Waals surface area contributed by atoms with Gasteiger partial charge < -0.3 is 9.26 Å². The van der Waals surface area contributed by atoms with E-state index < -0.39 is 18.0 Å². The number of carbonyl (C=O) groups is 1. The van der Waals surface area contributed by atoms with Crippen molar-refractivity contribution >= 4 is 5.91 Å². The zero-order valence-electron chi connectivity index (χ0n) is 13.3. The van der Waals surface area contributed by atoms with Crippen LogP contribution in [0.15, 0.2) is 41.1 Å². The Bertz CT molecular complexity index is 756. The summed E-state index contributed by atoms with van der Waals surface area (Å²) in [6.07, 6.45) is -4.70. The summed E-state index contributed by atoms with van der Waals surface area (Å²) in [5.41, 5.74) is 0.988. The molecule has 0 aliphatic rings. The Morgan fingerprint density at radius 3 is 2.40 bits per heavy atom. The van der Waals surface area contributed by atoms with E-state index in [0.717, 1.165) is 5.06 Å². The van der Waals surface area contributed by atoms with Crippen molar-refractivity contribution in [3.05, 3.63) is 48.1 Å². The lowest BCUT2D eigenvalue weighted by atomic mass is 10.1. The van der Waals surface area contributed by atoms with E-state index in [1.54, 1.807) is 12.1 Å². The standard InChI is InChI=1S/C15H14F3N3O4/c1-9(23-2)13(22)21(24-3)8-10-4-6-11(7-5-10)12-19-14(25-20-12)15(16,17)18/h4-7H,1,8H2,2-3H3. The van der Waals surface area contributed by atoms with Crippen LogP contribution >= 0.6 is 0 Å². The van der Waals surface area contributed by atoms with Gasteiger partial charge in [-0.05, 0) is 5.56 Å². The van der Waals surface area contributed by atoms with Crippen molar-refractivity contribution in [2.75, 3.05) is 14.2 Å². The fourth-order valence-electron chi connectivity index (χ4n) is 1.83. The van der Waals surface area contributed by atoms with Crippen molar-refractivity contribution in [3.63, 3.8) is 0 Å². The smallest absolute Gasteiger partial charge is 0.471 e. The molecule has 10 heteroatoms. The number of rotatable bonds is 6. The lowest BCUT2D eigenvalue weighted by Crippen LogP contribution is -2.30. The molecule has 1 heterocycles. The fraction of sp³-hybridized carbons (Fsp3) is 0.267. The summed E-state index contributed by atoms with van der Waals surface area (Å²) < 4.78 is 46.3. The number of aromatic nitrogens is 2. The summed E-state index contributed by atoms with van der Waals surface area (Å²) in [5, 5.41) is 4.32. The van der Waals surface area contributed by atoms with E-state index in [-0.39, 0.29) is 18.1 Å². The second-order valence-electron chi connectivity index (χ2n) is 4.77. The van der Waals surface area contributed by atoms with Crippen molar-refractivity contribution in [2.45, 2.75) is 12.7 Å². The molecular weight excluding hydrogens is 343 g/mol. The lowest BCUT2D eigenvalue weighted by Gasteiger charge is -2.20. The van der Waals surface area contributed by atoms with E-state index in [0.29, 0.717) is 11.1 Å². The first kappa shape index (κ1) is 18.5. The zero-order valence-corrected chi connectivity index (χ0v) is 13.3. The van der Waals surface area contributed by atoms with Crippen molar-refractivity contribution < 1.29 is 32.1 Å². The number of amides is 1. The van der Waals surface area contributed by atoms with E-state index in [4.69, 9.17) is 9.57 Å². The maximum absolute atomic E-state index is 12.5. The average Bonchev–Trinajstić information content (AvgIpc) is 3.09. The highest BCUT2D eigenvalue weighted by molar-refractivity contribution is 5.90. The molecule has 0 atom stereocenters. The molecule has 7 nitrogen and oxygen atoms in total. The number of nitrogens with zero attached hydrogens (tertiary/aromatic N) is 3. The number of hydroxylamine groups is 2. The monoisotopic (exact) mass is 357 g/mol.